The van der Waals surface area contributed by atoms with Crippen molar-refractivity contribution in [1.29, 1.82) is 0 Å². The van der Waals surface area contributed by atoms with Crippen LogP contribution in [0.1, 0.15) is 12.5 Å². The normalized spacial score (nSPS) is 10.2. The molecule has 4 heteroatoms. The van der Waals surface area contributed by atoms with Crippen molar-refractivity contribution >= 4 is 43.5 Å². The molecule has 0 radical (unpaired) electrons. The number of aromatic nitrogens is 1. The lowest BCUT2D eigenvalue weighted by atomic mass is 10.2. The predicted molar refractivity (Wildman–Crippen MR) is 54.0 cm³/mol. The van der Waals surface area contributed by atoms with Crippen molar-refractivity contribution in [1.82, 2.24) is 4.98 Å². The first-order valence-electron chi connectivity index (χ1n) is 3.15. The van der Waals surface area contributed by atoms with E-state index in [0.717, 1.165) is 16.6 Å². The van der Waals surface area contributed by atoms with Gasteiger partial charge in [-0.2, -0.15) is 0 Å². The monoisotopic (exact) mass is 297 g/mol. The Hall–Kier alpha value is 0.400. The Bertz CT molecular complexity index is 275. The molecular formula is C7H6Br2ClN. The molecular weight excluding hydrogens is 293 g/mol. The van der Waals surface area contributed by atoms with Crippen molar-refractivity contribution in [3.63, 3.8) is 0 Å². The van der Waals surface area contributed by atoms with Crippen LogP contribution in [0.4, 0.5) is 0 Å². The summed E-state index contributed by atoms with van der Waals surface area (Å²) in [5.41, 5.74) is 1.10. The fourth-order valence-electron chi connectivity index (χ4n) is 0.772. The van der Waals surface area contributed by atoms with E-state index >= 15 is 0 Å². The van der Waals surface area contributed by atoms with Gasteiger partial charge in [-0.15, -0.1) is 0 Å². The van der Waals surface area contributed by atoms with E-state index in [9.17, 15) is 0 Å². The summed E-state index contributed by atoms with van der Waals surface area (Å²) >= 11 is 12.5. The third kappa shape index (κ3) is 2.17. The van der Waals surface area contributed by atoms with Gasteiger partial charge in [-0.25, -0.2) is 4.98 Å². The van der Waals surface area contributed by atoms with E-state index in [1.165, 1.54) is 0 Å². The molecule has 0 fully saturated rings. The first-order chi connectivity index (χ1) is 5.15. The van der Waals surface area contributed by atoms with Gasteiger partial charge in [0.05, 0.1) is 5.02 Å². The molecule has 1 aromatic rings. The van der Waals surface area contributed by atoms with Crippen LogP contribution in [0.15, 0.2) is 15.3 Å². The van der Waals surface area contributed by atoms with Gasteiger partial charge in [0.25, 0.3) is 0 Å². The number of halogens is 3. The van der Waals surface area contributed by atoms with Crippen molar-refractivity contribution in [2.75, 3.05) is 0 Å². The van der Waals surface area contributed by atoms with Crippen LogP contribution in [0.5, 0.6) is 0 Å². The van der Waals surface area contributed by atoms with Crippen molar-refractivity contribution in [3.8, 4) is 0 Å². The Kier molecular flexibility index (Phi) is 3.34. The second-order valence-corrected chi connectivity index (χ2v) is 4.00. The number of rotatable bonds is 1. The molecule has 0 amide bonds. The molecule has 0 bridgehead atoms. The van der Waals surface area contributed by atoms with E-state index in [1.807, 2.05) is 6.07 Å². The van der Waals surface area contributed by atoms with Crippen molar-refractivity contribution in [2.45, 2.75) is 13.3 Å². The maximum atomic E-state index is 5.94. The van der Waals surface area contributed by atoms with Crippen LogP contribution in [0, 0.1) is 0 Å². The number of pyridine rings is 1. The van der Waals surface area contributed by atoms with Gasteiger partial charge < -0.3 is 0 Å². The van der Waals surface area contributed by atoms with Crippen LogP contribution in [-0.4, -0.2) is 4.98 Å². The zero-order valence-electron chi connectivity index (χ0n) is 5.87. The molecule has 0 unspecified atom stereocenters. The van der Waals surface area contributed by atoms with E-state index in [0.29, 0.717) is 9.63 Å². The molecule has 60 valence electrons. The van der Waals surface area contributed by atoms with Crippen LogP contribution in [0.2, 0.25) is 5.02 Å². The van der Waals surface area contributed by atoms with Crippen LogP contribution >= 0.6 is 43.5 Å². The van der Waals surface area contributed by atoms with Gasteiger partial charge in [0.2, 0.25) is 0 Å². The largest absolute Gasteiger partial charge is 0.232 e. The summed E-state index contributed by atoms with van der Waals surface area (Å²) in [6.07, 6.45) is 0.915. The minimum Gasteiger partial charge on any atom is -0.232 e. The zero-order valence-corrected chi connectivity index (χ0v) is 9.79. The number of hydrogen-bond donors (Lipinski definition) is 0. The minimum absolute atomic E-state index is 0.699. The van der Waals surface area contributed by atoms with E-state index in [1.54, 1.807) is 0 Å². The highest BCUT2D eigenvalue weighted by molar-refractivity contribution is 9.11. The Balaban J connectivity index is 3.24. The quantitative estimate of drug-likeness (QED) is 0.718. The Morgan fingerprint density at radius 3 is 2.73 bits per heavy atom. The van der Waals surface area contributed by atoms with Gasteiger partial charge >= 0.3 is 0 Å². The zero-order chi connectivity index (χ0) is 8.43. The summed E-state index contributed by atoms with van der Waals surface area (Å²) in [6, 6.07) is 1.92. The maximum Gasteiger partial charge on any atom is 0.126 e. The van der Waals surface area contributed by atoms with Gasteiger partial charge in [0.1, 0.15) is 9.21 Å². The fraction of sp³-hybridized carbons (Fsp3) is 0.286. The third-order valence-electron chi connectivity index (χ3n) is 1.34. The van der Waals surface area contributed by atoms with Crippen molar-refractivity contribution < 1.29 is 0 Å². The van der Waals surface area contributed by atoms with Crippen LogP contribution in [0.3, 0.4) is 0 Å². The van der Waals surface area contributed by atoms with E-state index in [-0.39, 0.29) is 0 Å². The molecule has 0 atom stereocenters. The smallest absolute Gasteiger partial charge is 0.126 e. The van der Waals surface area contributed by atoms with Gasteiger partial charge in [-0.05, 0) is 49.9 Å². The summed E-state index contributed by atoms with van der Waals surface area (Å²) < 4.78 is 1.51. The van der Waals surface area contributed by atoms with E-state index in [2.05, 4.69) is 43.8 Å². The molecule has 0 spiro atoms. The van der Waals surface area contributed by atoms with Crippen LogP contribution < -0.4 is 0 Å². The fourth-order valence-corrected chi connectivity index (χ4v) is 2.14. The number of nitrogens with zero attached hydrogens (tertiary/aromatic N) is 1. The third-order valence-corrected chi connectivity index (χ3v) is 2.97. The molecule has 0 saturated carbocycles. The molecule has 0 aromatic carbocycles. The second kappa shape index (κ2) is 3.87. The van der Waals surface area contributed by atoms with E-state index in [4.69, 9.17) is 11.6 Å². The van der Waals surface area contributed by atoms with Gasteiger partial charge in [-0.3, -0.25) is 0 Å². The van der Waals surface area contributed by atoms with Crippen molar-refractivity contribution in [3.05, 3.63) is 25.9 Å². The van der Waals surface area contributed by atoms with Crippen LogP contribution in [0.25, 0.3) is 0 Å². The molecule has 1 rings (SSSR count). The highest BCUT2D eigenvalue weighted by Crippen LogP contribution is 2.27. The van der Waals surface area contributed by atoms with E-state index < -0.39 is 0 Å². The lowest BCUT2D eigenvalue weighted by Crippen LogP contribution is -1.87. The highest BCUT2D eigenvalue weighted by atomic mass is 79.9. The first-order valence-corrected chi connectivity index (χ1v) is 5.12. The number of hydrogen-bond acceptors (Lipinski definition) is 1. The molecule has 0 aliphatic rings. The van der Waals surface area contributed by atoms with Crippen molar-refractivity contribution in [2.24, 2.45) is 0 Å². The average molecular weight is 299 g/mol. The second-order valence-electron chi connectivity index (χ2n) is 2.06. The average Bonchev–Trinajstić information content (AvgIpc) is 1.96. The minimum atomic E-state index is 0.699. The lowest BCUT2D eigenvalue weighted by Gasteiger charge is -2.02. The molecule has 0 saturated heterocycles. The molecule has 11 heavy (non-hydrogen) atoms. The topological polar surface area (TPSA) is 12.9 Å². The van der Waals surface area contributed by atoms with Crippen LogP contribution in [-0.2, 0) is 6.42 Å². The Morgan fingerprint density at radius 1 is 1.55 bits per heavy atom. The standard InChI is InChI=1S/C7H6Br2ClN/c1-2-4-3-5(8)11-7(9)6(4)10/h3H,2H2,1H3. The van der Waals surface area contributed by atoms with Gasteiger partial charge in [0.15, 0.2) is 0 Å². The summed E-state index contributed by atoms with van der Waals surface area (Å²) in [6.45, 7) is 2.06. The Labute approximate surface area is 87.4 Å². The molecule has 1 heterocycles. The first kappa shape index (κ1) is 9.49. The summed E-state index contributed by atoms with van der Waals surface area (Å²) in [4.78, 5) is 4.08. The highest BCUT2D eigenvalue weighted by Gasteiger charge is 2.05. The Morgan fingerprint density at radius 2 is 2.18 bits per heavy atom. The summed E-state index contributed by atoms with van der Waals surface area (Å²) in [5.74, 6) is 0. The number of aryl methyl sites for hydroxylation is 1. The molecule has 1 aromatic heterocycles. The molecule has 1 nitrogen and oxygen atoms in total. The SMILES string of the molecule is CCc1cc(Br)nc(Br)c1Cl. The maximum absolute atomic E-state index is 5.94. The molecule has 0 aliphatic carbocycles. The summed E-state index contributed by atoms with van der Waals surface area (Å²) in [7, 11) is 0. The lowest BCUT2D eigenvalue weighted by molar-refractivity contribution is 1.09. The molecule has 0 N–H and O–H groups in total. The van der Waals surface area contributed by atoms with Gasteiger partial charge in [0, 0.05) is 0 Å². The molecule has 0 aliphatic heterocycles. The predicted octanol–water partition coefficient (Wildman–Crippen LogP) is 3.82. The van der Waals surface area contributed by atoms with Gasteiger partial charge in [-0.1, -0.05) is 18.5 Å². The summed E-state index contributed by atoms with van der Waals surface area (Å²) in [5, 5.41) is 0.704.